The summed E-state index contributed by atoms with van der Waals surface area (Å²) in [5.41, 5.74) is 3.32. The molecule has 2 aromatic heterocycles. The lowest BCUT2D eigenvalue weighted by Gasteiger charge is -2.21. The largest absolute Gasteiger partial charge is 0.495 e. The summed E-state index contributed by atoms with van der Waals surface area (Å²) in [6.45, 7) is 5.31. The van der Waals surface area contributed by atoms with Crippen molar-refractivity contribution in [2.24, 2.45) is 0 Å². The smallest absolute Gasteiger partial charge is 0.243 e. The Hall–Kier alpha value is -3.44. The van der Waals surface area contributed by atoms with Crippen LogP contribution in [-0.2, 0) is 14.3 Å². The van der Waals surface area contributed by atoms with Crippen LogP contribution in [0.2, 0.25) is 10.0 Å². The molecule has 10 nitrogen and oxygen atoms in total. The molecule has 1 amide bonds. The highest BCUT2D eigenvalue weighted by molar-refractivity contribution is 6.41. The van der Waals surface area contributed by atoms with Crippen LogP contribution in [-0.4, -0.2) is 73.6 Å². The van der Waals surface area contributed by atoms with E-state index in [2.05, 4.69) is 22.2 Å². The number of methoxy groups -OCH3 is 2. The van der Waals surface area contributed by atoms with Crippen LogP contribution in [0, 0.1) is 0 Å². The number of benzene rings is 1. The maximum atomic E-state index is 11.8. The van der Waals surface area contributed by atoms with E-state index in [0.717, 1.165) is 11.0 Å². The number of aromatic nitrogens is 3. The number of ether oxygens (including phenoxy) is 4. The predicted molar refractivity (Wildman–Crippen MR) is 150 cm³/mol. The third-order valence-electron chi connectivity index (χ3n) is 6.57. The molecule has 2 aliphatic rings. The van der Waals surface area contributed by atoms with Crippen LogP contribution >= 0.6 is 23.2 Å². The molecule has 0 bridgehead atoms. The van der Waals surface area contributed by atoms with Crippen LogP contribution in [0.5, 0.6) is 11.5 Å². The molecule has 3 aromatic rings. The summed E-state index contributed by atoms with van der Waals surface area (Å²) in [4.78, 5) is 26.2. The molecule has 0 spiro atoms. The van der Waals surface area contributed by atoms with E-state index in [1.165, 1.54) is 20.3 Å². The number of nitrogens with one attached hydrogen (secondary N) is 2. The highest BCUT2D eigenvalue weighted by Crippen LogP contribution is 2.46. The van der Waals surface area contributed by atoms with Crippen LogP contribution in [0.25, 0.3) is 27.7 Å². The Labute approximate surface area is 235 Å². The van der Waals surface area contributed by atoms with Gasteiger partial charge in [0.1, 0.15) is 17.0 Å². The van der Waals surface area contributed by atoms with Gasteiger partial charge >= 0.3 is 0 Å². The zero-order chi connectivity index (χ0) is 27.5. The molecular formula is C27H27Cl2N5O5. The maximum absolute atomic E-state index is 11.8. The third-order valence-corrected chi connectivity index (χ3v) is 7.32. The van der Waals surface area contributed by atoms with E-state index in [0.29, 0.717) is 82.8 Å². The van der Waals surface area contributed by atoms with Crippen molar-refractivity contribution in [2.45, 2.75) is 18.5 Å². The molecule has 1 saturated heterocycles. The summed E-state index contributed by atoms with van der Waals surface area (Å²) in [5.74, 6) is 0.941. The molecule has 0 aliphatic carbocycles. The minimum absolute atomic E-state index is 0.216. The van der Waals surface area contributed by atoms with Gasteiger partial charge in [0.25, 0.3) is 0 Å². The summed E-state index contributed by atoms with van der Waals surface area (Å²) in [5, 5.41) is 7.53. The lowest BCUT2D eigenvalue weighted by Crippen LogP contribution is -2.45. The summed E-state index contributed by atoms with van der Waals surface area (Å²) in [7, 11) is 3.05. The lowest BCUT2D eigenvalue weighted by atomic mass is 10.0. The number of hydrogen-bond donors (Lipinski definition) is 2. The number of pyridine rings is 1. The highest BCUT2D eigenvalue weighted by atomic mass is 35.5. The molecule has 5 rings (SSSR count). The Bertz CT molecular complexity index is 1440. The average molecular weight is 572 g/mol. The van der Waals surface area contributed by atoms with Gasteiger partial charge in [0.15, 0.2) is 0 Å². The van der Waals surface area contributed by atoms with E-state index < -0.39 is 0 Å². The number of hydrogen-bond acceptors (Lipinski definition) is 9. The lowest BCUT2D eigenvalue weighted by molar-refractivity contribution is -0.117. The van der Waals surface area contributed by atoms with Gasteiger partial charge in [-0.05, 0) is 24.1 Å². The average Bonchev–Trinajstić information content (AvgIpc) is 3.39. The monoisotopic (exact) mass is 571 g/mol. The second-order valence-electron chi connectivity index (χ2n) is 8.93. The van der Waals surface area contributed by atoms with E-state index in [9.17, 15) is 4.79 Å². The van der Waals surface area contributed by atoms with E-state index in [-0.39, 0.29) is 18.0 Å². The van der Waals surface area contributed by atoms with Crippen molar-refractivity contribution >= 4 is 51.5 Å². The van der Waals surface area contributed by atoms with Crippen LogP contribution in [0.15, 0.2) is 37.1 Å². The normalized spacial score (nSPS) is 18.9. The standard InChI is InChI=1S/C27H27Cl2N5O5/c1-4-21(35)31-17-12-39-13-18(17)33-27-30-11-15-9-16(22-23(28)19(36-2)10-20(37-3)24(22)29)32-25(26(15)34-27)14-5-7-38-8-6-14/h4-5,9-11,17-18H,1,6-8,12-13H2,2-3H3,(H,31,35)(H,30,33,34)/t17-,18+/m0/s1. The van der Waals surface area contributed by atoms with Crippen molar-refractivity contribution in [3.8, 4) is 22.8 Å². The van der Waals surface area contributed by atoms with E-state index in [4.69, 9.17) is 52.1 Å². The summed E-state index contributed by atoms with van der Waals surface area (Å²) < 4.78 is 22.0. The highest BCUT2D eigenvalue weighted by Gasteiger charge is 2.30. The molecule has 12 heteroatoms. The maximum Gasteiger partial charge on any atom is 0.243 e. The van der Waals surface area contributed by atoms with Gasteiger partial charge in [0.2, 0.25) is 11.9 Å². The first-order valence-electron chi connectivity index (χ1n) is 12.3. The molecular weight excluding hydrogens is 545 g/mol. The number of carbonyl (C=O) groups is 1. The zero-order valence-corrected chi connectivity index (χ0v) is 22.9. The zero-order valence-electron chi connectivity index (χ0n) is 21.4. The summed E-state index contributed by atoms with van der Waals surface area (Å²) in [6, 6.07) is 3.00. The SMILES string of the molecule is C=CC(=O)N[C@H]1COC[C@H]1Nc1ncc2cc(-c3c(Cl)c(OC)cc(OC)c3Cl)nc(C3=CCOCC3)c2n1. The first kappa shape index (κ1) is 27.1. The van der Waals surface area contributed by atoms with E-state index in [1.807, 2.05) is 12.1 Å². The van der Waals surface area contributed by atoms with Crippen LogP contribution in [0.4, 0.5) is 5.95 Å². The van der Waals surface area contributed by atoms with Gasteiger partial charge < -0.3 is 29.6 Å². The van der Waals surface area contributed by atoms with Crippen LogP contribution < -0.4 is 20.1 Å². The Kier molecular flexibility index (Phi) is 8.18. The number of halogens is 2. The predicted octanol–water partition coefficient (Wildman–Crippen LogP) is 4.30. The fourth-order valence-electron chi connectivity index (χ4n) is 4.56. The molecule has 1 fully saturated rings. The Balaban J connectivity index is 1.61. The van der Waals surface area contributed by atoms with Crippen molar-refractivity contribution in [3.63, 3.8) is 0 Å². The number of fused-ring (bicyclic) bond motifs is 1. The van der Waals surface area contributed by atoms with Gasteiger partial charge in [0, 0.05) is 23.2 Å². The molecule has 204 valence electrons. The van der Waals surface area contributed by atoms with Crippen molar-refractivity contribution in [1.29, 1.82) is 0 Å². The fourth-order valence-corrected chi connectivity index (χ4v) is 5.25. The van der Waals surface area contributed by atoms with Crippen molar-refractivity contribution < 1.29 is 23.7 Å². The van der Waals surface area contributed by atoms with E-state index in [1.54, 1.807) is 12.3 Å². The molecule has 39 heavy (non-hydrogen) atoms. The Morgan fingerprint density at radius 2 is 1.85 bits per heavy atom. The topological polar surface area (TPSA) is 117 Å². The van der Waals surface area contributed by atoms with Gasteiger partial charge in [-0.25, -0.2) is 15.0 Å². The second kappa shape index (κ2) is 11.7. The molecule has 4 heterocycles. The molecule has 2 N–H and O–H groups in total. The van der Waals surface area contributed by atoms with Gasteiger partial charge in [-0.2, -0.15) is 0 Å². The molecule has 0 radical (unpaired) electrons. The van der Waals surface area contributed by atoms with Crippen LogP contribution in [0.1, 0.15) is 12.1 Å². The number of nitrogens with zero attached hydrogens (tertiary/aromatic N) is 3. The Morgan fingerprint density at radius 1 is 1.10 bits per heavy atom. The molecule has 0 saturated carbocycles. The first-order valence-corrected chi connectivity index (χ1v) is 13.0. The third kappa shape index (κ3) is 5.51. The summed E-state index contributed by atoms with van der Waals surface area (Å²) >= 11 is 13.4. The van der Waals surface area contributed by atoms with Crippen LogP contribution in [0.3, 0.4) is 0 Å². The summed E-state index contributed by atoms with van der Waals surface area (Å²) in [6.07, 6.45) is 5.60. The number of rotatable bonds is 8. The minimum Gasteiger partial charge on any atom is -0.495 e. The molecule has 0 unspecified atom stereocenters. The van der Waals surface area contributed by atoms with Gasteiger partial charge in [-0.3, -0.25) is 4.79 Å². The second-order valence-corrected chi connectivity index (χ2v) is 9.69. The van der Waals surface area contributed by atoms with Gasteiger partial charge in [-0.15, -0.1) is 0 Å². The number of amides is 1. The van der Waals surface area contributed by atoms with Gasteiger partial charge in [0.05, 0.1) is 74.2 Å². The van der Waals surface area contributed by atoms with Crippen molar-refractivity contribution in [2.75, 3.05) is 46.0 Å². The molecule has 2 atom stereocenters. The van der Waals surface area contributed by atoms with Crippen molar-refractivity contribution in [3.05, 3.63) is 52.8 Å². The Morgan fingerprint density at radius 3 is 2.51 bits per heavy atom. The number of anilines is 1. The molecule has 1 aromatic carbocycles. The van der Waals surface area contributed by atoms with E-state index >= 15 is 0 Å². The first-order chi connectivity index (χ1) is 18.9. The van der Waals surface area contributed by atoms with Gasteiger partial charge in [-0.1, -0.05) is 35.9 Å². The molecule has 2 aliphatic heterocycles. The number of carbonyl (C=O) groups excluding carboxylic acids is 1. The quantitative estimate of drug-likeness (QED) is 0.381. The minimum atomic E-state index is -0.270. The fraction of sp³-hybridized carbons (Fsp3) is 0.333. The van der Waals surface area contributed by atoms with Crippen molar-refractivity contribution in [1.82, 2.24) is 20.3 Å².